The molecule has 9 heteroatoms. The van der Waals surface area contributed by atoms with Crippen molar-refractivity contribution < 1.29 is 19.1 Å². The molecule has 0 atom stereocenters. The zero-order valence-corrected chi connectivity index (χ0v) is 18.2. The second kappa shape index (κ2) is 11.1. The predicted octanol–water partition coefficient (Wildman–Crippen LogP) is 3.10. The number of hydrogen-bond donors (Lipinski definition) is 2. The fraction of sp³-hybridized carbons (Fsp3) is 0.273. The number of nitrogens with one attached hydrogen (secondary N) is 2. The largest absolute Gasteiger partial charge is 0.497 e. The summed E-state index contributed by atoms with van der Waals surface area (Å²) in [7, 11) is 3.18. The number of hydrogen-bond acceptors (Lipinski definition) is 7. The van der Waals surface area contributed by atoms with Crippen LogP contribution in [0, 0.1) is 0 Å². The summed E-state index contributed by atoms with van der Waals surface area (Å²) in [6.45, 7) is 0.413. The first kappa shape index (κ1) is 22.2. The first-order valence-corrected chi connectivity index (χ1v) is 10.6. The number of nitrogens with zero attached hydrogens (tertiary/aromatic N) is 2. The summed E-state index contributed by atoms with van der Waals surface area (Å²) in [5.74, 6) is 1.11. The summed E-state index contributed by atoms with van der Waals surface area (Å²) in [5.41, 5.74) is 1.59. The van der Waals surface area contributed by atoms with E-state index in [-0.39, 0.29) is 11.8 Å². The monoisotopic (exact) mass is 440 g/mol. The molecule has 0 saturated carbocycles. The van der Waals surface area contributed by atoms with Crippen molar-refractivity contribution in [3.63, 3.8) is 0 Å². The van der Waals surface area contributed by atoms with Crippen molar-refractivity contribution in [1.29, 1.82) is 0 Å². The van der Waals surface area contributed by atoms with Gasteiger partial charge in [-0.2, -0.15) is 0 Å². The van der Waals surface area contributed by atoms with E-state index in [0.29, 0.717) is 42.3 Å². The van der Waals surface area contributed by atoms with Crippen LogP contribution in [0.3, 0.4) is 0 Å². The first-order chi connectivity index (χ1) is 15.1. The molecular weight excluding hydrogens is 416 g/mol. The highest BCUT2D eigenvalue weighted by Crippen LogP contribution is 2.17. The molecule has 0 aliphatic carbocycles. The third-order valence-corrected chi connectivity index (χ3v) is 5.37. The van der Waals surface area contributed by atoms with Crippen molar-refractivity contribution in [2.24, 2.45) is 0 Å². The van der Waals surface area contributed by atoms with E-state index >= 15 is 0 Å². The molecule has 2 N–H and O–H groups in total. The summed E-state index contributed by atoms with van der Waals surface area (Å²) in [6, 6.07) is 14.6. The SMILES string of the molecule is COc1ccc(CCC(=O)Nc2nnc(CCNC(=O)c3cccc(OC)c3)s2)cc1. The molecule has 0 aliphatic heterocycles. The van der Waals surface area contributed by atoms with Crippen LogP contribution in [-0.4, -0.2) is 42.8 Å². The number of ether oxygens (including phenoxy) is 2. The Morgan fingerprint density at radius 3 is 2.48 bits per heavy atom. The van der Waals surface area contributed by atoms with Gasteiger partial charge in [0.25, 0.3) is 5.91 Å². The normalized spacial score (nSPS) is 10.4. The van der Waals surface area contributed by atoms with Gasteiger partial charge in [-0.25, -0.2) is 0 Å². The topological polar surface area (TPSA) is 102 Å². The molecule has 2 amide bonds. The van der Waals surface area contributed by atoms with E-state index in [1.165, 1.54) is 11.3 Å². The van der Waals surface area contributed by atoms with Gasteiger partial charge in [0.2, 0.25) is 11.0 Å². The lowest BCUT2D eigenvalue weighted by Crippen LogP contribution is -2.25. The third kappa shape index (κ3) is 6.78. The zero-order valence-electron chi connectivity index (χ0n) is 17.4. The van der Waals surface area contributed by atoms with Gasteiger partial charge in [0, 0.05) is 24.9 Å². The maximum absolute atomic E-state index is 12.2. The Labute approximate surface area is 184 Å². The predicted molar refractivity (Wildman–Crippen MR) is 119 cm³/mol. The second-order valence-electron chi connectivity index (χ2n) is 6.64. The Kier molecular flexibility index (Phi) is 7.94. The lowest BCUT2D eigenvalue weighted by atomic mass is 10.1. The Morgan fingerprint density at radius 1 is 0.968 bits per heavy atom. The Hall–Kier alpha value is -3.46. The highest BCUT2D eigenvalue weighted by atomic mass is 32.1. The molecule has 0 spiro atoms. The van der Waals surface area contributed by atoms with Crippen LogP contribution in [0.15, 0.2) is 48.5 Å². The number of benzene rings is 2. The van der Waals surface area contributed by atoms with Crippen molar-refractivity contribution in [2.75, 3.05) is 26.1 Å². The number of carbonyl (C=O) groups excluding carboxylic acids is 2. The molecule has 1 aromatic heterocycles. The smallest absolute Gasteiger partial charge is 0.251 e. The molecule has 3 rings (SSSR count). The average Bonchev–Trinajstić information content (AvgIpc) is 3.25. The fourth-order valence-electron chi connectivity index (χ4n) is 2.79. The van der Waals surface area contributed by atoms with Crippen LogP contribution in [0.25, 0.3) is 0 Å². The van der Waals surface area contributed by atoms with Crippen molar-refractivity contribution in [2.45, 2.75) is 19.3 Å². The van der Waals surface area contributed by atoms with Crippen molar-refractivity contribution in [3.05, 3.63) is 64.7 Å². The number of rotatable bonds is 10. The van der Waals surface area contributed by atoms with Crippen LogP contribution in [0.5, 0.6) is 11.5 Å². The maximum Gasteiger partial charge on any atom is 0.251 e. The molecule has 0 aliphatic rings. The second-order valence-corrected chi connectivity index (χ2v) is 7.70. The summed E-state index contributed by atoms with van der Waals surface area (Å²) >= 11 is 1.30. The van der Waals surface area contributed by atoms with Gasteiger partial charge in [-0.1, -0.05) is 29.5 Å². The van der Waals surface area contributed by atoms with Crippen LogP contribution in [0.2, 0.25) is 0 Å². The fourth-order valence-corrected chi connectivity index (χ4v) is 3.54. The minimum atomic E-state index is -0.185. The lowest BCUT2D eigenvalue weighted by molar-refractivity contribution is -0.116. The molecule has 1 heterocycles. The highest BCUT2D eigenvalue weighted by molar-refractivity contribution is 7.15. The Bertz CT molecular complexity index is 1020. The molecule has 31 heavy (non-hydrogen) atoms. The number of amides is 2. The van der Waals surface area contributed by atoms with Crippen LogP contribution < -0.4 is 20.1 Å². The number of carbonyl (C=O) groups is 2. The van der Waals surface area contributed by atoms with E-state index in [4.69, 9.17) is 9.47 Å². The minimum Gasteiger partial charge on any atom is -0.497 e. The molecule has 0 radical (unpaired) electrons. The highest BCUT2D eigenvalue weighted by Gasteiger charge is 2.10. The van der Waals surface area contributed by atoms with Crippen LogP contribution >= 0.6 is 11.3 Å². The molecule has 162 valence electrons. The molecule has 2 aromatic carbocycles. The van der Waals surface area contributed by atoms with Gasteiger partial charge in [0.05, 0.1) is 14.2 Å². The first-order valence-electron chi connectivity index (χ1n) is 9.75. The molecular formula is C22H24N4O4S. The lowest BCUT2D eigenvalue weighted by Gasteiger charge is -2.05. The van der Waals surface area contributed by atoms with Crippen LogP contribution in [0.4, 0.5) is 5.13 Å². The molecule has 8 nitrogen and oxygen atoms in total. The van der Waals surface area contributed by atoms with Gasteiger partial charge in [-0.05, 0) is 42.3 Å². The molecule has 0 saturated heterocycles. The van der Waals surface area contributed by atoms with E-state index in [0.717, 1.165) is 16.3 Å². The quantitative estimate of drug-likeness (QED) is 0.502. The van der Waals surface area contributed by atoms with Gasteiger partial charge in [-0.15, -0.1) is 10.2 Å². The van der Waals surface area contributed by atoms with E-state index in [1.807, 2.05) is 24.3 Å². The Balaban J connectivity index is 1.41. The summed E-state index contributed by atoms with van der Waals surface area (Å²) in [4.78, 5) is 24.4. The number of methoxy groups -OCH3 is 2. The van der Waals surface area contributed by atoms with Crippen LogP contribution in [0.1, 0.15) is 27.3 Å². The molecule has 0 fully saturated rings. The zero-order chi connectivity index (χ0) is 22.1. The van der Waals surface area contributed by atoms with Crippen LogP contribution in [-0.2, 0) is 17.6 Å². The van der Waals surface area contributed by atoms with Crippen molar-refractivity contribution in [1.82, 2.24) is 15.5 Å². The van der Waals surface area contributed by atoms with E-state index in [1.54, 1.807) is 38.5 Å². The van der Waals surface area contributed by atoms with E-state index in [2.05, 4.69) is 20.8 Å². The van der Waals surface area contributed by atoms with E-state index < -0.39 is 0 Å². The maximum atomic E-state index is 12.2. The number of anilines is 1. The summed E-state index contributed by atoms with van der Waals surface area (Å²) in [5, 5.41) is 14.9. The van der Waals surface area contributed by atoms with E-state index in [9.17, 15) is 9.59 Å². The standard InChI is InChI=1S/C22H24N4O4S/c1-29-17-9-6-15(7-10-17)8-11-19(27)24-22-26-25-20(31-22)12-13-23-21(28)16-4-3-5-18(14-16)30-2/h3-7,9-10,14H,8,11-13H2,1-2H3,(H,23,28)(H,24,26,27). The minimum absolute atomic E-state index is 0.121. The van der Waals surface area contributed by atoms with Crippen molar-refractivity contribution in [3.8, 4) is 11.5 Å². The summed E-state index contributed by atoms with van der Waals surface area (Å²) < 4.78 is 10.3. The molecule has 0 bridgehead atoms. The number of aryl methyl sites for hydroxylation is 1. The Morgan fingerprint density at radius 2 is 1.74 bits per heavy atom. The summed E-state index contributed by atoms with van der Waals surface area (Å²) in [6.07, 6.45) is 1.49. The van der Waals surface area contributed by atoms with Crippen molar-refractivity contribution >= 4 is 28.3 Å². The van der Waals surface area contributed by atoms with Gasteiger partial charge in [0.1, 0.15) is 16.5 Å². The van der Waals surface area contributed by atoms with Gasteiger partial charge in [-0.3, -0.25) is 9.59 Å². The average molecular weight is 441 g/mol. The van der Waals surface area contributed by atoms with Gasteiger partial charge in [0.15, 0.2) is 0 Å². The van der Waals surface area contributed by atoms with Gasteiger partial charge >= 0.3 is 0 Å². The van der Waals surface area contributed by atoms with Gasteiger partial charge < -0.3 is 20.1 Å². The molecule has 0 unspecified atom stereocenters. The third-order valence-electron chi connectivity index (χ3n) is 4.47. The molecule has 3 aromatic rings. The number of aromatic nitrogens is 2.